The van der Waals surface area contributed by atoms with Crippen LogP contribution in [0.1, 0.15) is 96.3 Å². The van der Waals surface area contributed by atoms with Crippen molar-refractivity contribution in [3.8, 4) is 0 Å². The monoisotopic (exact) mass is 617 g/mol. The van der Waals surface area contributed by atoms with E-state index in [1.807, 2.05) is 0 Å². The summed E-state index contributed by atoms with van der Waals surface area (Å²) in [5.41, 5.74) is 2.39. The number of carbonyl (C=O) groups is 3. The number of ether oxygens (including phenoxy) is 5. The van der Waals surface area contributed by atoms with Crippen molar-refractivity contribution in [2.75, 3.05) is 13.7 Å². The maximum Gasteiger partial charge on any atom is 0.407 e. The molecule has 12 heteroatoms. The minimum Gasteiger partial charge on any atom is -0.453 e. The minimum atomic E-state index is -1.28. The lowest BCUT2D eigenvalue weighted by molar-refractivity contribution is -0.298. The Balaban J connectivity index is 1.22. The van der Waals surface area contributed by atoms with Gasteiger partial charge in [-0.25, -0.2) is 14.6 Å². The summed E-state index contributed by atoms with van der Waals surface area (Å²) in [7, 11) is 1.38. The van der Waals surface area contributed by atoms with Gasteiger partial charge in [-0.1, -0.05) is 32.1 Å². The van der Waals surface area contributed by atoms with E-state index in [0.717, 1.165) is 94.7 Å². The summed E-state index contributed by atoms with van der Waals surface area (Å²) in [5.74, 6) is -0.779. The molecule has 3 aliphatic carbocycles. The van der Waals surface area contributed by atoms with Crippen molar-refractivity contribution in [3.63, 3.8) is 0 Å². The van der Waals surface area contributed by atoms with E-state index in [2.05, 4.69) is 15.6 Å². The first kappa shape index (κ1) is 31.4. The minimum absolute atomic E-state index is 0.0281. The number of fused-ring (bicyclic) bond motifs is 1. The molecule has 3 N–H and O–H groups in total. The molecular weight excluding hydrogens is 570 g/mol. The molecular formula is C32H47N3O9. The molecule has 8 atom stereocenters. The molecule has 0 bridgehead atoms. The average Bonchev–Trinajstić information content (AvgIpc) is 3.68. The van der Waals surface area contributed by atoms with Crippen LogP contribution in [0.2, 0.25) is 0 Å². The Morgan fingerprint density at radius 2 is 1.70 bits per heavy atom. The van der Waals surface area contributed by atoms with Gasteiger partial charge in [-0.3, -0.25) is 4.79 Å². The number of aliphatic hydroxyl groups is 1. The molecule has 3 unspecified atom stereocenters. The molecule has 2 saturated carbocycles. The van der Waals surface area contributed by atoms with Crippen LogP contribution in [0.5, 0.6) is 0 Å². The molecule has 3 aliphatic heterocycles. The van der Waals surface area contributed by atoms with Crippen molar-refractivity contribution in [2.24, 2.45) is 10.9 Å². The maximum absolute atomic E-state index is 13.7. The molecule has 12 nitrogen and oxygen atoms in total. The van der Waals surface area contributed by atoms with Crippen molar-refractivity contribution in [3.05, 3.63) is 11.3 Å². The number of allylic oxidation sites excluding steroid dienone is 2. The zero-order valence-electron chi connectivity index (χ0n) is 25.7. The first-order valence-corrected chi connectivity index (χ1v) is 16.7. The van der Waals surface area contributed by atoms with Gasteiger partial charge < -0.3 is 39.4 Å². The van der Waals surface area contributed by atoms with Crippen LogP contribution in [-0.4, -0.2) is 91.4 Å². The molecule has 3 heterocycles. The van der Waals surface area contributed by atoms with Crippen LogP contribution < -0.4 is 10.6 Å². The van der Waals surface area contributed by atoms with E-state index in [1.54, 1.807) is 0 Å². The number of methoxy groups -OCH3 is 1. The molecule has 244 valence electrons. The number of amides is 1. The van der Waals surface area contributed by atoms with Crippen molar-refractivity contribution >= 4 is 23.7 Å². The Kier molecular flexibility index (Phi) is 10.2. The third-order valence-electron chi connectivity index (χ3n) is 10.3. The van der Waals surface area contributed by atoms with Gasteiger partial charge in [-0.2, -0.15) is 0 Å². The summed E-state index contributed by atoms with van der Waals surface area (Å²) in [4.78, 5) is 44.9. The molecule has 0 aromatic heterocycles. The van der Waals surface area contributed by atoms with Crippen LogP contribution in [0.25, 0.3) is 0 Å². The Morgan fingerprint density at radius 1 is 0.932 bits per heavy atom. The van der Waals surface area contributed by atoms with Gasteiger partial charge in [-0.15, -0.1) is 0 Å². The van der Waals surface area contributed by atoms with Crippen molar-refractivity contribution in [1.82, 2.24) is 10.6 Å². The molecule has 0 aromatic rings. The van der Waals surface area contributed by atoms with Gasteiger partial charge in [0.2, 0.25) is 0 Å². The second-order valence-corrected chi connectivity index (χ2v) is 13.2. The highest BCUT2D eigenvalue weighted by atomic mass is 16.7. The number of nitrogens with one attached hydrogen (secondary N) is 2. The van der Waals surface area contributed by atoms with Crippen LogP contribution in [0, 0.1) is 5.92 Å². The SMILES string of the molecule is CO[C@H]1O[C@H](CO)[C@@H](OC(=O)NC2CCCCC2)[C@H](OC(=O)C2CC3CCCCC3N2)[C@H]1OC(=O)C1=NC2=C(CCCC2)C1. The fourth-order valence-electron chi connectivity index (χ4n) is 7.90. The average molecular weight is 618 g/mol. The summed E-state index contributed by atoms with van der Waals surface area (Å²) in [6.07, 6.45) is 7.33. The molecule has 6 rings (SSSR count). The van der Waals surface area contributed by atoms with Gasteiger partial charge >= 0.3 is 18.0 Å². The number of hydrogen-bond donors (Lipinski definition) is 3. The maximum atomic E-state index is 13.7. The Bertz CT molecular complexity index is 1120. The molecule has 0 radical (unpaired) electrons. The van der Waals surface area contributed by atoms with Crippen molar-refractivity contribution in [1.29, 1.82) is 0 Å². The smallest absolute Gasteiger partial charge is 0.407 e. The van der Waals surface area contributed by atoms with Gasteiger partial charge in [0.25, 0.3) is 0 Å². The third-order valence-corrected chi connectivity index (χ3v) is 10.3. The molecule has 4 fully saturated rings. The largest absolute Gasteiger partial charge is 0.453 e. The van der Waals surface area contributed by atoms with E-state index in [9.17, 15) is 19.5 Å². The standard InChI is InChI=1S/C32H47N3O9/c1-40-31-28(43-30(38)24-16-19-10-6-8-14-22(19)35-24)27(42-29(37)23-15-18-9-5-7-13-21(18)34-23)26(25(17-36)41-31)44-32(39)33-20-11-3-2-4-12-20/h18,20-21,23,25-28,31,34,36H,2-17H2,1H3,(H,33,39)/t18?,21?,23?,25-,26-,27+,28-,31+/m1/s1. The van der Waals surface area contributed by atoms with Crippen LogP contribution in [0.15, 0.2) is 16.3 Å². The van der Waals surface area contributed by atoms with E-state index in [0.29, 0.717) is 18.8 Å². The number of carbonyl (C=O) groups excluding carboxylic acids is 3. The zero-order chi connectivity index (χ0) is 30.6. The highest BCUT2D eigenvalue weighted by Gasteiger charge is 2.54. The summed E-state index contributed by atoms with van der Waals surface area (Å²) in [5, 5.41) is 16.6. The summed E-state index contributed by atoms with van der Waals surface area (Å²) in [6.45, 7) is -0.537. The summed E-state index contributed by atoms with van der Waals surface area (Å²) < 4.78 is 29.5. The highest BCUT2D eigenvalue weighted by Crippen LogP contribution is 2.36. The van der Waals surface area contributed by atoms with Crippen LogP contribution in [0.3, 0.4) is 0 Å². The number of aliphatic imine (C=N–C) groups is 1. The summed E-state index contributed by atoms with van der Waals surface area (Å²) >= 11 is 0. The normalized spacial score (nSPS) is 35.7. The van der Waals surface area contributed by atoms with E-state index < -0.39 is 61.4 Å². The molecule has 2 saturated heterocycles. The van der Waals surface area contributed by atoms with Crippen molar-refractivity contribution in [2.45, 2.75) is 145 Å². The van der Waals surface area contributed by atoms with E-state index >= 15 is 0 Å². The van der Waals surface area contributed by atoms with Gasteiger partial charge in [0, 0.05) is 31.3 Å². The predicted molar refractivity (Wildman–Crippen MR) is 158 cm³/mol. The number of nitrogens with zero attached hydrogens (tertiary/aromatic N) is 1. The molecule has 44 heavy (non-hydrogen) atoms. The summed E-state index contributed by atoms with van der Waals surface area (Å²) in [6, 6.07) is -0.309. The van der Waals surface area contributed by atoms with Gasteiger partial charge in [-0.05, 0) is 69.3 Å². The second kappa shape index (κ2) is 14.3. The number of alkyl carbamates (subject to hydrolysis) is 1. The topological polar surface area (TPSA) is 154 Å². The number of rotatable bonds is 8. The van der Waals surface area contributed by atoms with E-state index in [-0.39, 0.29) is 17.8 Å². The first-order chi connectivity index (χ1) is 21.4. The lowest BCUT2D eigenvalue weighted by Gasteiger charge is -2.44. The van der Waals surface area contributed by atoms with Gasteiger partial charge in [0.05, 0.1) is 6.61 Å². The fraction of sp³-hybridized carbons (Fsp3) is 0.812. The number of esters is 2. The Morgan fingerprint density at radius 3 is 2.45 bits per heavy atom. The molecule has 0 aromatic carbocycles. The van der Waals surface area contributed by atoms with Gasteiger partial charge in [0.15, 0.2) is 24.6 Å². The van der Waals surface area contributed by atoms with E-state index in [1.165, 1.54) is 7.11 Å². The Labute approximate surface area is 258 Å². The molecule has 1 amide bonds. The number of aliphatic hydroxyl groups excluding tert-OH is 1. The fourth-order valence-corrected chi connectivity index (χ4v) is 7.90. The second-order valence-electron chi connectivity index (χ2n) is 13.2. The zero-order valence-corrected chi connectivity index (χ0v) is 25.7. The molecule has 0 spiro atoms. The third kappa shape index (κ3) is 6.98. The van der Waals surface area contributed by atoms with Crippen molar-refractivity contribution < 1.29 is 43.2 Å². The van der Waals surface area contributed by atoms with E-state index in [4.69, 9.17) is 23.7 Å². The highest BCUT2D eigenvalue weighted by molar-refractivity contribution is 6.38. The van der Waals surface area contributed by atoms with Gasteiger partial charge in [0.1, 0.15) is 17.9 Å². The van der Waals surface area contributed by atoms with Crippen LogP contribution in [-0.2, 0) is 33.3 Å². The lowest BCUT2D eigenvalue weighted by Crippen LogP contribution is -2.64. The first-order valence-electron chi connectivity index (χ1n) is 16.7. The molecule has 6 aliphatic rings. The lowest BCUT2D eigenvalue weighted by atomic mass is 9.85. The van der Waals surface area contributed by atoms with Crippen LogP contribution in [0.4, 0.5) is 4.79 Å². The van der Waals surface area contributed by atoms with Crippen LogP contribution >= 0.6 is 0 Å². The quantitative estimate of drug-likeness (QED) is 0.273. The number of hydrogen-bond acceptors (Lipinski definition) is 11. The Hall–Kier alpha value is -2.54. The predicted octanol–water partition coefficient (Wildman–Crippen LogP) is 3.19.